The summed E-state index contributed by atoms with van der Waals surface area (Å²) < 4.78 is 29.8. The van der Waals surface area contributed by atoms with E-state index in [4.69, 9.17) is 9.78 Å². The highest BCUT2D eigenvalue weighted by Crippen LogP contribution is 2.59. The number of rotatable bonds is 0. The topological polar surface area (TPSA) is 25.1 Å². The van der Waals surface area contributed by atoms with Gasteiger partial charge in [0.05, 0.1) is 0 Å². The monoisotopic (exact) mass is 288 g/mol. The van der Waals surface area contributed by atoms with E-state index in [0.717, 1.165) is 22.3 Å². The molecule has 108 valence electrons. The molecule has 0 N–H and O–H groups in total. The Kier molecular flexibility index (Phi) is 2.53. The molecule has 2 aliphatic rings. The van der Waals surface area contributed by atoms with E-state index >= 15 is 0 Å². The van der Waals surface area contributed by atoms with Gasteiger partial charge in [0, 0.05) is 0 Å². The molecule has 21 heavy (non-hydrogen) atoms. The first-order valence-corrected chi connectivity index (χ1v) is 6.90. The van der Waals surface area contributed by atoms with E-state index in [9.17, 15) is 8.78 Å². The largest absolute Gasteiger partial charge is 0.303 e. The van der Waals surface area contributed by atoms with E-state index in [0.29, 0.717) is 11.1 Å². The van der Waals surface area contributed by atoms with Crippen LogP contribution in [0.25, 0.3) is 11.1 Å². The first-order chi connectivity index (χ1) is 10.1. The maximum Gasteiger partial charge on any atom is 0.303 e. The first-order valence-electron chi connectivity index (χ1n) is 6.90. The van der Waals surface area contributed by atoms with Gasteiger partial charge in [0.2, 0.25) is 0 Å². The van der Waals surface area contributed by atoms with Gasteiger partial charge in [-0.1, -0.05) is 36.4 Å². The van der Waals surface area contributed by atoms with Crippen LogP contribution in [-0.4, -0.2) is 5.79 Å². The van der Waals surface area contributed by atoms with Gasteiger partial charge in [-0.3, -0.25) is 0 Å². The summed E-state index contributed by atoms with van der Waals surface area (Å²) in [6.45, 7) is 3.81. The molecule has 0 radical (unpaired) electrons. The SMILES string of the molecule is Cc1cccc2c1-c1c(C)cccc1[C@@H](F)C1(OO1)[C@@H]2F. The summed E-state index contributed by atoms with van der Waals surface area (Å²) in [4.78, 5) is 9.57. The van der Waals surface area contributed by atoms with Gasteiger partial charge in [-0.2, -0.15) is 9.78 Å². The van der Waals surface area contributed by atoms with Crippen molar-refractivity contribution in [1.82, 2.24) is 0 Å². The minimum atomic E-state index is -1.83. The second kappa shape index (κ2) is 4.12. The molecular formula is C17H14F2O2. The summed E-state index contributed by atoms with van der Waals surface area (Å²) in [6.07, 6.45) is -3.32. The third kappa shape index (κ3) is 1.57. The maximum atomic E-state index is 14.9. The van der Waals surface area contributed by atoms with Crippen LogP contribution in [0.2, 0.25) is 0 Å². The fraction of sp³-hybridized carbons (Fsp3) is 0.294. The number of aryl methyl sites for hydroxylation is 2. The molecular weight excluding hydrogens is 274 g/mol. The van der Waals surface area contributed by atoms with Crippen molar-refractivity contribution >= 4 is 0 Å². The molecule has 4 rings (SSSR count). The number of halogens is 2. The lowest BCUT2D eigenvalue weighted by Gasteiger charge is -2.15. The lowest BCUT2D eigenvalue weighted by Crippen LogP contribution is -2.23. The highest BCUT2D eigenvalue weighted by molar-refractivity contribution is 5.79. The van der Waals surface area contributed by atoms with Crippen molar-refractivity contribution in [3.8, 4) is 11.1 Å². The molecule has 2 aromatic rings. The van der Waals surface area contributed by atoms with Gasteiger partial charge in [0.1, 0.15) is 0 Å². The summed E-state index contributed by atoms with van der Waals surface area (Å²) in [7, 11) is 0. The molecule has 1 saturated heterocycles. The molecule has 4 heteroatoms. The predicted octanol–water partition coefficient (Wildman–Crippen LogP) is 4.66. The van der Waals surface area contributed by atoms with Crippen LogP contribution in [0.1, 0.15) is 34.6 Å². The highest BCUT2D eigenvalue weighted by atomic mass is 19.1. The second-order valence-electron chi connectivity index (χ2n) is 5.69. The highest BCUT2D eigenvalue weighted by Gasteiger charge is 2.66. The standard InChI is InChI=1S/C17H14F2O2/c1-9-5-3-7-11-13(9)14-10(2)6-4-8-12(14)16(19)17(15(11)18)20-21-17/h3-8,15-16H,1-2H3/t15-,16-/m1/s1. The molecule has 0 amide bonds. The van der Waals surface area contributed by atoms with Crippen LogP contribution in [0, 0.1) is 13.8 Å². The maximum absolute atomic E-state index is 14.9. The lowest BCUT2D eigenvalue weighted by atomic mass is 9.89. The van der Waals surface area contributed by atoms with Crippen molar-refractivity contribution < 1.29 is 18.6 Å². The van der Waals surface area contributed by atoms with Crippen molar-refractivity contribution in [3.63, 3.8) is 0 Å². The normalized spacial score (nSPS) is 25.1. The van der Waals surface area contributed by atoms with E-state index in [-0.39, 0.29) is 0 Å². The van der Waals surface area contributed by atoms with Crippen LogP contribution in [0.4, 0.5) is 8.78 Å². The molecule has 1 fully saturated rings. The average Bonchev–Trinajstić information content (AvgIpc) is 3.27. The van der Waals surface area contributed by atoms with Gasteiger partial charge in [-0.25, -0.2) is 8.78 Å². The molecule has 1 heterocycles. The Hall–Kier alpha value is -1.78. The van der Waals surface area contributed by atoms with Gasteiger partial charge in [-0.05, 0) is 47.2 Å². The Morgan fingerprint density at radius 3 is 1.62 bits per heavy atom. The Morgan fingerprint density at radius 1 is 0.810 bits per heavy atom. The van der Waals surface area contributed by atoms with Crippen LogP contribution in [-0.2, 0) is 9.78 Å². The molecule has 1 spiro atoms. The van der Waals surface area contributed by atoms with Crippen LogP contribution in [0.3, 0.4) is 0 Å². The summed E-state index contributed by atoms with van der Waals surface area (Å²) in [5, 5.41) is 0. The zero-order valence-electron chi connectivity index (χ0n) is 11.7. The van der Waals surface area contributed by atoms with Crippen molar-refractivity contribution in [3.05, 3.63) is 58.7 Å². The summed E-state index contributed by atoms with van der Waals surface area (Å²) >= 11 is 0. The quantitative estimate of drug-likeness (QED) is 0.520. The Labute approximate surface area is 121 Å². The van der Waals surface area contributed by atoms with Gasteiger partial charge in [-0.15, -0.1) is 0 Å². The molecule has 1 aliphatic carbocycles. The fourth-order valence-electron chi connectivity index (χ4n) is 3.27. The van der Waals surface area contributed by atoms with Crippen molar-refractivity contribution in [2.75, 3.05) is 0 Å². The molecule has 0 aromatic heterocycles. The van der Waals surface area contributed by atoms with Crippen molar-refractivity contribution in [1.29, 1.82) is 0 Å². The third-order valence-corrected chi connectivity index (χ3v) is 4.39. The first kappa shape index (κ1) is 12.9. The third-order valence-electron chi connectivity index (χ3n) is 4.39. The summed E-state index contributed by atoms with van der Waals surface area (Å²) in [5.41, 5.74) is 4.16. The van der Waals surface area contributed by atoms with E-state index in [1.807, 2.05) is 26.0 Å². The smallest absolute Gasteiger partial charge is 0.236 e. The number of fused-ring (bicyclic) bond motifs is 3. The van der Waals surface area contributed by atoms with Gasteiger partial charge < -0.3 is 0 Å². The molecule has 2 aromatic carbocycles. The Balaban J connectivity index is 2.13. The predicted molar refractivity (Wildman–Crippen MR) is 74.0 cm³/mol. The molecule has 2 atom stereocenters. The average molecular weight is 288 g/mol. The number of alkyl halides is 2. The molecule has 1 aliphatic heterocycles. The zero-order valence-corrected chi connectivity index (χ0v) is 11.7. The molecule has 2 nitrogen and oxygen atoms in total. The van der Waals surface area contributed by atoms with Gasteiger partial charge in [0.25, 0.3) is 0 Å². The minimum absolute atomic E-state index is 0.420. The van der Waals surface area contributed by atoms with E-state index < -0.39 is 18.1 Å². The van der Waals surface area contributed by atoms with E-state index in [1.54, 1.807) is 24.3 Å². The molecule has 0 bridgehead atoms. The van der Waals surface area contributed by atoms with E-state index in [2.05, 4.69) is 0 Å². The van der Waals surface area contributed by atoms with Crippen molar-refractivity contribution in [2.24, 2.45) is 0 Å². The van der Waals surface area contributed by atoms with Crippen LogP contribution < -0.4 is 0 Å². The molecule has 0 saturated carbocycles. The number of hydrogen-bond donors (Lipinski definition) is 0. The summed E-state index contributed by atoms with van der Waals surface area (Å²) in [5.74, 6) is -1.83. The minimum Gasteiger partial charge on any atom is -0.236 e. The Morgan fingerprint density at radius 2 is 1.24 bits per heavy atom. The number of hydrogen-bond acceptors (Lipinski definition) is 2. The van der Waals surface area contributed by atoms with Crippen molar-refractivity contribution in [2.45, 2.75) is 32.0 Å². The fourth-order valence-corrected chi connectivity index (χ4v) is 3.27. The zero-order chi connectivity index (χ0) is 14.8. The van der Waals surface area contributed by atoms with Crippen LogP contribution in [0.15, 0.2) is 36.4 Å². The van der Waals surface area contributed by atoms with Gasteiger partial charge >= 0.3 is 5.79 Å². The number of benzene rings is 2. The van der Waals surface area contributed by atoms with E-state index in [1.165, 1.54) is 0 Å². The second-order valence-corrected chi connectivity index (χ2v) is 5.69. The lowest BCUT2D eigenvalue weighted by molar-refractivity contribution is 0.0789. The Bertz CT molecular complexity index is 678. The summed E-state index contributed by atoms with van der Waals surface area (Å²) in [6, 6.07) is 10.7. The van der Waals surface area contributed by atoms with Gasteiger partial charge in [0.15, 0.2) is 12.3 Å². The van der Waals surface area contributed by atoms with Crippen LogP contribution >= 0.6 is 0 Å². The molecule has 0 unspecified atom stereocenters. The van der Waals surface area contributed by atoms with Crippen LogP contribution in [0.5, 0.6) is 0 Å².